The van der Waals surface area contributed by atoms with E-state index in [9.17, 15) is 9.59 Å². The summed E-state index contributed by atoms with van der Waals surface area (Å²) in [6, 6.07) is 4.76. The maximum absolute atomic E-state index is 12.0. The molecule has 2 amide bonds. The van der Waals surface area contributed by atoms with Crippen molar-refractivity contribution in [3.8, 4) is 0 Å². The summed E-state index contributed by atoms with van der Waals surface area (Å²) in [4.78, 5) is 25.5. The van der Waals surface area contributed by atoms with Crippen molar-refractivity contribution in [2.24, 2.45) is 0 Å². The number of nitrogens with zero attached hydrogens (tertiary/aromatic N) is 1. The van der Waals surface area contributed by atoms with Crippen LogP contribution in [-0.4, -0.2) is 36.3 Å². The Morgan fingerprint density at radius 3 is 2.95 bits per heavy atom. The Morgan fingerprint density at radius 2 is 2.24 bits per heavy atom. The minimum absolute atomic E-state index is 0.0581. The van der Waals surface area contributed by atoms with Crippen molar-refractivity contribution in [2.75, 3.05) is 25.4 Å². The van der Waals surface area contributed by atoms with Gasteiger partial charge in [0.05, 0.1) is 5.56 Å². The number of carbonyl (C=O) groups is 2. The smallest absolute Gasteiger partial charge is 0.253 e. The predicted molar refractivity (Wildman–Crippen MR) is 83.2 cm³/mol. The molecule has 0 unspecified atom stereocenters. The highest BCUT2D eigenvalue weighted by Gasteiger charge is 2.20. The Bertz CT molecular complexity index is 586. The van der Waals surface area contributed by atoms with Crippen LogP contribution < -0.4 is 11.1 Å². The molecule has 1 aliphatic heterocycles. The fourth-order valence-corrected chi connectivity index (χ4v) is 2.37. The Kier molecular flexibility index (Phi) is 4.85. The SMILES string of the molecule is C=C1CCN(CCNC(=O)c2cc(Cl)ccc2N)C(=O)C1. The first-order valence-electron chi connectivity index (χ1n) is 6.75. The molecule has 3 N–H and O–H groups in total. The van der Waals surface area contributed by atoms with E-state index in [0.29, 0.717) is 42.3 Å². The van der Waals surface area contributed by atoms with E-state index in [2.05, 4.69) is 11.9 Å². The van der Waals surface area contributed by atoms with E-state index in [1.165, 1.54) is 6.07 Å². The van der Waals surface area contributed by atoms with Crippen LogP contribution in [0, 0.1) is 0 Å². The molecule has 0 aromatic heterocycles. The number of anilines is 1. The van der Waals surface area contributed by atoms with Gasteiger partial charge in [-0.25, -0.2) is 0 Å². The summed E-state index contributed by atoms with van der Waals surface area (Å²) >= 11 is 5.85. The summed E-state index contributed by atoms with van der Waals surface area (Å²) in [6.45, 7) is 5.34. The van der Waals surface area contributed by atoms with E-state index in [4.69, 9.17) is 17.3 Å². The molecular weight excluding hydrogens is 290 g/mol. The number of amides is 2. The first-order chi connectivity index (χ1) is 9.97. The second kappa shape index (κ2) is 6.63. The molecule has 1 fully saturated rings. The molecule has 1 aliphatic rings. The maximum atomic E-state index is 12.0. The quantitative estimate of drug-likeness (QED) is 0.658. The Labute approximate surface area is 128 Å². The zero-order valence-corrected chi connectivity index (χ0v) is 12.4. The molecule has 112 valence electrons. The van der Waals surface area contributed by atoms with E-state index in [1.807, 2.05) is 0 Å². The van der Waals surface area contributed by atoms with E-state index in [0.717, 1.165) is 12.0 Å². The number of nitrogens with one attached hydrogen (secondary N) is 1. The predicted octanol–water partition coefficient (Wildman–Crippen LogP) is 1.83. The van der Waals surface area contributed by atoms with Crippen LogP contribution in [0.4, 0.5) is 5.69 Å². The highest BCUT2D eigenvalue weighted by Crippen LogP contribution is 2.18. The summed E-state index contributed by atoms with van der Waals surface area (Å²) in [7, 11) is 0. The summed E-state index contributed by atoms with van der Waals surface area (Å²) in [5, 5.41) is 3.21. The molecule has 1 aromatic rings. The number of hydrogen-bond donors (Lipinski definition) is 2. The molecule has 0 radical (unpaired) electrons. The van der Waals surface area contributed by atoms with Gasteiger partial charge in [-0.2, -0.15) is 0 Å². The largest absolute Gasteiger partial charge is 0.398 e. The first-order valence-corrected chi connectivity index (χ1v) is 7.13. The third-order valence-electron chi connectivity index (χ3n) is 3.42. The second-order valence-electron chi connectivity index (χ2n) is 5.05. The molecule has 5 nitrogen and oxygen atoms in total. The van der Waals surface area contributed by atoms with Crippen LogP contribution >= 0.6 is 11.6 Å². The molecule has 0 atom stereocenters. The summed E-state index contributed by atoms with van der Waals surface area (Å²) in [5.41, 5.74) is 7.44. The van der Waals surface area contributed by atoms with Crippen LogP contribution in [0.15, 0.2) is 30.4 Å². The average Bonchev–Trinajstić information content (AvgIpc) is 2.43. The van der Waals surface area contributed by atoms with Gasteiger partial charge in [0.2, 0.25) is 5.91 Å². The fraction of sp³-hybridized carbons (Fsp3) is 0.333. The Hall–Kier alpha value is -2.01. The van der Waals surface area contributed by atoms with Crippen LogP contribution in [0.1, 0.15) is 23.2 Å². The lowest BCUT2D eigenvalue weighted by Gasteiger charge is -2.28. The number of piperidine rings is 1. The second-order valence-corrected chi connectivity index (χ2v) is 5.48. The van der Waals surface area contributed by atoms with Crippen LogP contribution in [0.5, 0.6) is 0 Å². The van der Waals surface area contributed by atoms with Gasteiger partial charge >= 0.3 is 0 Å². The van der Waals surface area contributed by atoms with E-state index >= 15 is 0 Å². The lowest BCUT2D eigenvalue weighted by Crippen LogP contribution is -2.41. The van der Waals surface area contributed by atoms with Crippen molar-refractivity contribution in [3.05, 3.63) is 40.9 Å². The van der Waals surface area contributed by atoms with Gasteiger partial charge < -0.3 is 16.0 Å². The van der Waals surface area contributed by atoms with Gasteiger partial charge in [-0.15, -0.1) is 0 Å². The lowest BCUT2D eigenvalue weighted by molar-refractivity contribution is -0.131. The van der Waals surface area contributed by atoms with Crippen molar-refractivity contribution in [1.29, 1.82) is 0 Å². The molecule has 21 heavy (non-hydrogen) atoms. The fourth-order valence-electron chi connectivity index (χ4n) is 2.19. The van der Waals surface area contributed by atoms with Gasteiger partial charge in [-0.1, -0.05) is 23.8 Å². The summed E-state index contributed by atoms with van der Waals surface area (Å²) in [6.07, 6.45) is 1.22. The van der Waals surface area contributed by atoms with Gasteiger partial charge in [-0.05, 0) is 24.6 Å². The van der Waals surface area contributed by atoms with Gasteiger partial charge in [0, 0.05) is 36.8 Å². The standard InChI is InChI=1S/C15H18ClN3O2/c1-10-4-6-19(14(20)8-10)7-5-18-15(21)12-9-11(16)2-3-13(12)17/h2-3,9H,1,4-8,17H2,(H,18,21). The number of carbonyl (C=O) groups excluding carboxylic acids is 2. The van der Waals surface area contributed by atoms with Crippen molar-refractivity contribution in [2.45, 2.75) is 12.8 Å². The number of rotatable bonds is 4. The van der Waals surface area contributed by atoms with Crippen molar-refractivity contribution in [3.63, 3.8) is 0 Å². The van der Waals surface area contributed by atoms with Gasteiger partial charge in [-0.3, -0.25) is 9.59 Å². The van der Waals surface area contributed by atoms with Crippen molar-refractivity contribution < 1.29 is 9.59 Å². The highest BCUT2D eigenvalue weighted by molar-refractivity contribution is 6.31. The van der Waals surface area contributed by atoms with E-state index < -0.39 is 0 Å². The van der Waals surface area contributed by atoms with Crippen LogP contribution in [0.2, 0.25) is 5.02 Å². The first kappa shape index (κ1) is 15.4. The maximum Gasteiger partial charge on any atom is 0.253 e. The number of nitrogens with two attached hydrogens (primary N) is 1. The average molecular weight is 308 g/mol. The van der Waals surface area contributed by atoms with Crippen molar-refractivity contribution in [1.82, 2.24) is 10.2 Å². The number of halogens is 1. The summed E-state index contributed by atoms with van der Waals surface area (Å²) in [5.74, 6) is -0.230. The van der Waals surface area contributed by atoms with Gasteiger partial charge in [0.25, 0.3) is 5.91 Å². The third-order valence-corrected chi connectivity index (χ3v) is 3.65. The minimum Gasteiger partial charge on any atom is -0.398 e. The summed E-state index contributed by atoms with van der Waals surface area (Å²) < 4.78 is 0. The van der Waals surface area contributed by atoms with Crippen LogP contribution in [0.25, 0.3) is 0 Å². The van der Waals surface area contributed by atoms with Crippen molar-refractivity contribution >= 4 is 29.1 Å². The number of benzene rings is 1. The molecular formula is C15H18ClN3O2. The zero-order valence-electron chi connectivity index (χ0n) is 11.7. The number of nitrogen functional groups attached to an aromatic ring is 1. The number of likely N-dealkylation sites (tertiary alicyclic amines) is 1. The monoisotopic (exact) mass is 307 g/mol. The van der Waals surface area contributed by atoms with E-state index in [1.54, 1.807) is 17.0 Å². The topological polar surface area (TPSA) is 75.4 Å². The Balaban J connectivity index is 1.86. The van der Waals surface area contributed by atoms with Crippen LogP contribution in [-0.2, 0) is 4.79 Å². The van der Waals surface area contributed by atoms with E-state index in [-0.39, 0.29) is 11.8 Å². The number of hydrogen-bond acceptors (Lipinski definition) is 3. The van der Waals surface area contributed by atoms with Gasteiger partial charge in [0.15, 0.2) is 0 Å². The zero-order chi connectivity index (χ0) is 15.4. The molecule has 2 rings (SSSR count). The molecule has 1 saturated heterocycles. The van der Waals surface area contributed by atoms with Gasteiger partial charge in [0.1, 0.15) is 0 Å². The molecule has 0 aliphatic carbocycles. The molecule has 6 heteroatoms. The van der Waals surface area contributed by atoms with Crippen LogP contribution in [0.3, 0.4) is 0 Å². The Morgan fingerprint density at radius 1 is 1.48 bits per heavy atom. The molecule has 0 saturated carbocycles. The lowest BCUT2D eigenvalue weighted by atomic mass is 10.1. The normalized spacial score (nSPS) is 15.2. The molecule has 0 bridgehead atoms. The molecule has 1 aromatic carbocycles. The molecule has 0 spiro atoms. The molecule has 1 heterocycles. The third kappa shape index (κ3) is 3.98. The minimum atomic E-state index is -0.288. The highest BCUT2D eigenvalue weighted by atomic mass is 35.5.